The average Bonchev–Trinajstić information content (AvgIpc) is 3.08. The van der Waals surface area contributed by atoms with Gasteiger partial charge in [-0.15, -0.1) is 11.3 Å². The first-order valence-corrected chi connectivity index (χ1v) is 8.25. The number of amides is 1. The topological polar surface area (TPSA) is 38.1 Å². The Morgan fingerprint density at radius 1 is 1.60 bits per heavy atom. The van der Waals surface area contributed by atoms with Crippen molar-refractivity contribution >= 4 is 33.2 Å². The van der Waals surface area contributed by atoms with Crippen molar-refractivity contribution in [1.29, 1.82) is 0 Å². The van der Waals surface area contributed by atoms with Crippen LogP contribution in [0.3, 0.4) is 0 Å². The molecule has 3 rings (SSSR count). The number of carbonyl (C=O) groups is 1. The molecule has 1 fully saturated rings. The van der Waals surface area contributed by atoms with Crippen molar-refractivity contribution in [3.8, 4) is 0 Å². The highest BCUT2D eigenvalue weighted by Gasteiger charge is 2.29. The lowest BCUT2D eigenvalue weighted by Crippen LogP contribution is -2.28. The van der Waals surface area contributed by atoms with Crippen LogP contribution in [0, 0.1) is 6.92 Å². The second-order valence-electron chi connectivity index (χ2n) is 5.20. The number of aryl methyl sites for hydroxylation is 1. The maximum atomic E-state index is 12.6. The standard InChI is InChI=1S/C14H16BrN3OS/c1-9-13(20-8-16-9)7-17(2)14(19)12-5-10(15)6-18(12)11-3-4-11/h5-6,8,11H,3-4,7H2,1-2H3. The molecule has 0 aliphatic heterocycles. The molecule has 0 spiro atoms. The average molecular weight is 354 g/mol. The Hall–Kier alpha value is -1.14. The molecule has 0 bridgehead atoms. The minimum Gasteiger partial charge on any atom is -0.339 e. The highest BCUT2D eigenvalue weighted by Crippen LogP contribution is 2.37. The van der Waals surface area contributed by atoms with Crippen molar-refractivity contribution in [3.05, 3.63) is 38.5 Å². The molecule has 4 nitrogen and oxygen atoms in total. The van der Waals surface area contributed by atoms with E-state index in [0.717, 1.165) is 20.7 Å². The van der Waals surface area contributed by atoms with Crippen molar-refractivity contribution in [3.63, 3.8) is 0 Å². The van der Waals surface area contributed by atoms with E-state index in [2.05, 4.69) is 25.5 Å². The zero-order valence-corrected chi connectivity index (χ0v) is 13.9. The summed E-state index contributed by atoms with van der Waals surface area (Å²) in [5.74, 6) is 0.0652. The predicted octanol–water partition coefficient (Wildman–Crippen LogP) is 3.62. The smallest absolute Gasteiger partial charge is 0.270 e. The number of hydrogen-bond acceptors (Lipinski definition) is 3. The van der Waals surface area contributed by atoms with Gasteiger partial charge >= 0.3 is 0 Å². The first-order valence-electron chi connectivity index (χ1n) is 6.58. The molecule has 0 N–H and O–H groups in total. The maximum absolute atomic E-state index is 12.6. The Morgan fingerprint density at radius 2 is 2.35 bits per heavy atom. The minimum absolute atomic E-state index is 0.0652. The maximum Gasteiger partial charge on any atom is 0.270 e. The van der Waals surface area contributed by atoms with Gasteiger partial charge in [0.1, 0.15) is 5.69 Å². The zero-order chi connectivity index (χ0) is 14.3. The summed E-state index contributed by atoms with van der Waals surface area (Å²) in [6.45, 7) is 2.59. The molecular formula is C14H16BrN3OS. The van der Waals surface area contributed by atoms with Crippen molar-refractivity contribution in [2.24, 2.45) is 0 Å². The molecule has 1 aliphatic carbocycles. The molecule has 2 aromatic heterocycles. The van der Waals surface area contributed by atoms with Gasteiger partial charge in [0.15, 0.2) is 0 Å². The number of hydrogen-bond donors (Lipinski definition) is 0. The molecule has 0 radical (unpaired) electrons. The van der Waals surface area contributed by atoms with Gasteiger partial charge < -0.3 is 9.47 Å². The van der Waals surface area contributed by atoms with E-state index in [9.17, 15) is 4.79 Å². The Bertz CT molecular complexity index is 645. The fourth-order valence-corrected chi connectivity index (χ4v) is 3.50. The van der Waals surface area contributed by atoms with E-state index >= 15 is 0 Å². The third kappa shape index (κ3) is 2.67. The van der Waals surface area contributed by atoms with Crippen LogP contribution in [0.4, 0.5) is 0 Å². The van der Waals surface area contributed by atoms with Crippen molar-refractivity contribution in [1.82, 2.24) is 14.5 Å². The van der Waals surface area contributed by atoms with Crippen LogP contribution >= 0.6 is 27.3 Å². The summed E-state index contributed by atoms with van der Waals surface area (Å²) in [5.41, 5.74) is 3.60. The van der Waals surface area contributed by atoms with Gasteiger partial charge in [0, 0.05) is 28.6 Å². The van der Waals surface area contributed by atoms with Crippen molar-refractivity contribution in [2.75, 3.05) is 7.05 Å². The highest BCUT2D eigenvalue weighted by molar-refractivity contribution is 9.10. The molecule has 2 heterocycles. The van der Waals surface area contributed by atoms with E-state index < -0.39 is 0 Å². The number of aromatic nitrogens is 2. The van der Waals surface area contributed by atoms with Gasteiger partial charge in [-0.25, -0.2) is 4.98 Å². The Labute approximate surface area is 130 Å². The van der Waals surface area contributed by atoms with Gasteiger partial charge in [0.05, 0.1) is 17.7 Å². The van der Waals surface area contributed by atoms with Crippen LogP contribution in [0.1, 0.15) is 39.9 Å². The van der Waals surface area contributed by atoms with Crippen LogP contribution in [0.5, 0.6) is 0 Å². The minimum atomic E-state index is 0.0652. The highest BCUT2D eigenvalue weighted by atomic mass is 79.9. The number of halogens is 1. The van der Waals surface area contributed by atoms with Gasteiger partial charge in [0.2, 0.25) is 0 Å². The Kier molecular flexibility index (Phi) is 3.69. The summed E-state index contributed by atoms with van der Waals surface area (Å²) in [4.78, 5) is 19.8. The summed E-state index contributed by atoms with van der Waals surface area (Å²) in [6, 6.07) is 2.41. The van der Waals surface area contributed by atoms with E-state index in [-0.39, 0.29) is 5.91 Å². The molecule has 0 saturated heterocycles. The van der Waals surface area contributed by atoms with Crippen LogP contribution in [-0.4, -0.2) is 27.4 Å². The Morgan fingerprint density at radius 3 is 2.95 bits per heavy atom. The first-order chi connectivity index (χ1) is 9.56. The molecule has 6 heteroatoms. The largest absolute Gasteiger partial charge is 0.339 e. The molecule has 1 aliphatic rings. The second kappa shape index (κ2) is 5.33. The van der Waals surface area contributed by atoms with Gasteiger partial charge in [-0.1, -0.05) is 0 Å². The lowest BCUT2D eigenvalue weighted by atomic mass is 10.3. The second-order valence-corrected chi connectivity index (χ2v) is 7.06. The third-order valence-corrected chi connectivity index (χ3v) is 4.90. The Balaban J connectivity index is 1.80. The monoisotopic (exact) mass is 353 g/mol. The molecule has 2 aromatic rings. The summed E-state index contributed by atoms with van der Waals surface area (Å²) in [7, 11) is 1.85. The van der Waals surface area contributed by atoms with E-state index in [0.29, 0.717) is 12.6 Å². The van der Waals surface area contributed by atoms with Crippen molar-refractivity contribution in [2.45, 2.75) is 32.4 Å². The molecule has 1 amide bonds. The SMILES string of the molecule is Cc1ncsc1CN(C)C(=O)c1cc(Br)cn1C1CC1. The van der Waals surface area contributed by atoms with E-state index in [1.165, 1.54) is 12.8 Å². The molecule has 0 aromatic carbocycles. The van der Waals surface area contributed by atoms with Crippen LogP contribution in [0.25, 0.3) is 0 Å². The quantitative estimate of drug-likeness (QED) is 0.841. The molecular weight excluding hydrogens is 338 g/mol. The number of nitrogens with zero attached hydrogens (tertiary/aromatic N) is 3. The summed E-state index contributed by atoms with van der Waals surface area (Å²) < 4.78 is 3.07. The van der Waals surface area contributed by atoms with Crippen molar-refractivity contribution < 1.29 is 4.79 Å². The summed E-state index contributed by atoms with van der Waals surface area (Å²) in [6.07, 6.45) is 4.34. The van der Waals surface area contributed by atoms with E-state index in [1.807, 2.05) is 31.7 Å². The van der Waals surface area contributed by atoms with Gasteiger partial charge in [-0.3, -0.25) is 4.79 Å². The third-order valence-electron chi connectivity index (χ3n) is 3.55. The van der Waals surface area contributed by atoms with Gasteiger partial charge in [-0.05, 0) is 41.8 Å². The lowest BCUT2D eigenvalue weighted by Gasteiger charge is -2.17. The number of rotatable bonds is 4. The van der Waals surface area contributed by atoms with Gasteiger partial charge in [0.25, 0.3) is 5.91 Å². The van der Waals surface area contributed by atoms with Crippen LogP contribution in [0.2, 0.25) is 0 Å². The zero-order valence-electron chi connectivity index (χ0n) is 11.5. The summed E-state index contributed by atoms with van der Waals surface area (Å²) >= 11 is 5.07. The predicted molar refractivity (Wildman–Crippen MR) is 83.1 cm³/mol. The summed E-state index contributed by atoms with van der Waals surface area (Å²) in [5, 5.41) is 0. The lowest BCUT2D eigenvalue weighted by molar-refractivity contribution is 0.0775. The van der Waals surface area contributed by atoms with E-state index in [1.54, 1.807) is 16.2 Å². The number of thiazole rings is 1. The van der Waals surface area contributed by atoms with Gasteiger partial charge in [-0.2, -0.15) is 0 Å². The van der Waals surface area contributed by atoms with Crippen LogP contribution < -0.4 is 0 Å². The molecule has 20 heavy (non-hydrogen) atoms. The normalized spacial score (nSPS) is 14.6. The molecule has 0 atom stereocenters. The van der Waals surface area contributed by atoms with E-state index in [4.69, 9.17) is 0 Å². The number of carbonyl (C=O) groups excluding carboxylic acids is 1. The molecule has 106 valence electrons. The van der Waals surface area contributed by atoms with Crippen LogP contribution in [0.15, 0.2) is 22.2 Å². The molecule has 1 saturated carbocycles. The van der Waals surface area contributed by atoms with Crippen LogP contribution in [-0.2, 0) is 6.54 Å². The molecule has 0 unspecified atom stereocenters. The first kappa shape index (κ1) is 13.8. The fourth-order valence-electron chi connectivity index (χ4n) is 2.23. The fraction of sp³-hybridized carbons (Fsp3) is 0.429.